The van der Waals surface area contributed by atoms with Gasteiger partial charge in [-0.25, -0.2) is 4.68 Å². The van der Waals surface area contributed by atoms with Gasteiger partial charge in [0.15, 0.2) is 0 Å². The fraction of sp³-hybridized carbons (Fsp3) is 0.167. The lowest BCUT2D eigenvalue weighted by Gasteiger charge is -2.03. The van der Waals surface area contributed by atoms with Crippen LogP contribution in [-0.4, -0.2) is 21.4 Å². The van der Waals surface area contributed by atoms with E-state index in [1.165, 1.54) is 17.3 Å². The van der Waals surface area contributed by atoms with Crippen LogP contribution in [0.5, 0.6) is 0 Å². The van der Waals surface area contributed by atoms with Gasteiger partial charge in [-0.3, -0.25) is 4.79 Å². The van der Waals surface area contributed by atoms with Crippen LogP contribution in [0, 0.1) is 0 Å². The number of rotatable bonds is 5. The van der Waals surface area contributed by atoms with Crippen LogP contribution in [0.15, 0.2) is 42.7 Å². The van der Waals surface area contributed by atoms with Crippen molar-refractivity contribution in [2.75, 3.05) is 5.75 Å². The second-order valence-corrected chi connectivity index (χ2v) is 4.56. The van der Waals surface area contributed by atoms with Crippen LogP contribution in [0.1, 0.15) is 5.56 Å². The lowest BCUT2D eigenvalue weighted by Crippen LogP contribution is -2.13. The molecule has 1 aromatic carbocycles. The molecule has 0 saturated carbocycles. The van der Waals surface area contributed by atoms with Gasteiger partial charge in [0.25, 0.3) is 0 Å². The maximum absolute atomic E-state index is 10.6. The molecule has 1 amide bonds. The molecule has 0 aliphatic carbocycles. The van der Waals surface area contributed by atoms with E-state index in [4.69, 9.17) is 5.73 Å². The molecule has 1 aromatic heterocycles. The van der Waals surface area contributed by atoms with Gasteiger partial charge in [-0.15, -0.1) is 11.8 Å². The van der Waals surface area contributed by atoms with Crippen LogP contribution in [-0.2, 0) is 10.5 Å². The van der Waals surface area contributed by atoms with Gasteiger partial charge < -0.3 is 5.73 Å². The number of carbonyl (C=O) groups is 1. The minimum atomic E-state index is -0.275. The van der Waals surface area contributed by atoms with E-state index in [0.717, 1.165) is 11.4 Å². The fourth-order valence-electron chi connectivity index (χ4n) is 1.44. The average molecular weight is 247 g/mol. The number of primary amides is 1. The second-order valence-electron chi connectivity index (χ2n) is 3.58. The molecule has 17 heavy (non-hydrogen) atoms. The predicted molar refractivity (Wildman–Crippen MR) is 68.9 cm³/mol. The van der Waals surface area contributed by atoms with Crippen molar-refractivity contribution in [2.24, 2.45) is 5.73 Å². The highest BCUT2D eigenvalue weighted by Crippen LogP contribution is 2.14. The Labute approximate surface area is 104 Å². The summed E-state index contributed by atoms with van der Waals surface area (Å²) in [5.74, 6) is 0.881. The Kier molecular flexibility index (Phi) is 3.82. The number of amides is 1. The van der Waals surface area contributed by atoms with E-state index < -0.39 is 0 Å². The lowest BCUT2D eigenvalue weighted by atomic mass is 10.2. The monoisotopic (exact) mass is 247 g/mol. The normalized spacial score (nSPS) is 10.4. The quantitative estimate of drug-likeness (QED) is 0.872. The first-order valence-electron chi connectivity index (χ1n) is 5.21. The van der Waals surface area contributed by atoms with Crippen molar-refractivity contribution in [2.45, 2.75) is 5.75 Å². The SMILES string of the molecule is NC(=O)CSCc1ccc(-n2cccn2)cc1. The molecule has 2 rings (SSSR count). The largest absolute Gasteiger partial charge is 0.369 e. The Morgan fingerprint density at radius 1 is 1.35 bits per heavy atom. The molecular weight excluding hydrogens is 234 g/mol. The first-order valence-corrected chi connectivity index (χ1v) is 6.36. The molecule has 0 fully saturated rings. The van der Waals surface area contributed by atoms with Crippen LogP contribution in [0.4, 0.5) is 0 Å². The molecule has 0 bridgehead atoms. The third kappa shape index (κ3) is 3.35. The summed E-state index contributed by atoms with van der Waals surface area (Å²) in [5.41, 5.74) is 7.27. The maximum Gasteiger partial charge on any atom is 0.227 e. The van der Waals surface area contributed by atoms with Crippen molar-refractivity contribution in [3.8, 4) is 5.69 Å². The third-order valence-corrected chi connectivity index (χ3v) is 3.24. The number of hydrogen-bond donors (Lipinski definition) is 1. The predicted octanol–water partition coefficient (Wildman–Crippen LogP) is 1.59. The molecular formula is C12H13N3OS. The van der Waals surface area contributed by atoms with Crippen LogP contribution < -0.4 is 5.73 Å². The van der Waals surface area contributed by atoms with E-state index in [2.05, 4.69) is 5.10 Å². The zero-order valence-electron chi connectivity index (χ0n) is 9.24. The number of hydrogen-bond acceptors (Lipinski definition) is 3. The Morgan fingerprint density at radius 3 is 2.71 bits per heavy atom. The summed E-state index contributed by atoms with van der Waals surface area (Å²) in [6.07, 6.45) is 3.65. The van der Waals surface area contributed by atoms with Crippen LogP contribution in [0.3, 0.4) is 0 Å². The van der Waals surface area contributed by atoms with Gasteiger partial charge in [0, 0.05) is 18.1 Å². The Hall–Kier alpha value is -1.75. The first kappa shape index (κ1) is 11.7. The van der Waals surface area contributed by atoms with E-state index in [9.17, 15) is 4.79 Å². The molecule has 0 aliphatic heterocycles. The van der Waals surface area contributed by atoms with Gasteiger partial charge in [0.1, 0.15) is 0 Å². The summed E-state index contributed by atoms with van der Waals surface area (Å²) in [7, 11) is 0. The van der Waals surface area contributed by atoms with E-state index in [1.54, 1.807) is 10.9 Å². The number of carbonyl (C=O) groups excluding carboxylic acids is 1. The highest BCUT2D eigenvalue weighted by Gasteiger charge is 1.99. The standard InChI is InChI=1S/C12H13N3OS/c13-12(16)9-17-8-10-2-4-11(5-3-10)15-7-1-6-14-15/h1-7H,8-9H2,(H2,13,16). The maximum atomic E-state index is 10.6. The van der Waals surface area contributed by atoms with Crippen molar-refractivity contribution >= 4 is 17.7 Å². The number of aromatic nitrogens is 2. The zero-order valence-corrected chi connectivity index (χ0v) is 10.1. The number of thioether (sulfide) groups is 1. The summed E-state index contributed by atoms with van der Waals surface area (Å²) in [4.78, 5) is 10.6. The number of benzene rings is 1. The summed E-state index contributed by atoms with van der Waals surface area (Å²) < 4.78 is 1.81. The van der Waals surface area contributed by atoms with Gasteiger partial charge in [-0.2, -0.15) is 5.10 Å². The molecule has 0 spiro atoms. The van der Waals surface area contributed by atoms with Crippen LogP contribution in [0.2, 0.25) is 0 Å². The molecule has 1 heterocycles. The van der Waals surface area contributed by atoms with Crippen LogP contribution >= 0.6 is 11.8 Å². The third-order valence-electron chi connectivity index (χ3n) is 2.22. The lowest BCUT2D eigenvalue weighted by molar-refractivity contribution is -0.115. The Morgan fingerprint density at radius 2 is 2.12 bits per heavy atom. The molecule has 5 heteroatoms. The fourth-order valence-corrected chi connectivity index (χ4v) is 2.17. The molecule has 4 nitrogen and oxygen atoms in total. The summed E-state index contributed by atoms with van der Waals surface area (Å²) >= 11 is 1.52. The minimum Gasteiger partial charge on any atom is -0.369 e. The van der Waals surface area contributed by atoms with E-state index >= 15 is 0 Å². The van der Waals surface area contributed by atoms with Gasteiger partial charge in [-0.1, -0.05) is 12.1 Å². The smallest absolute Gasteiger partial charge is 0.227 e. The summed E-state index contributed by atoms with van der Waals surface area (Å²) in [5, 5.41) is 4.15. The van der Waals surface area contributed by atoms with E-state index in [-0.39, 0.29) is 5.91 Å². The van der Waals surface area contributed by atoms with E-state index in [1.807, 2.05) is 36.5 Å². The van der Waals surface area contributed by atoms with Gasteiger partial charge in [-0.05, 0) is 23.8 Å². The molecule has 2 N–H and O–H groups in total. The second kappa shape index (κ2) is 5.54. The minimum absolute atomic E-state index is 0.275. The van der Waals surface area contributed by atoms with Crippen molar-refractivity contribution in [3.05, 3.63) is 48.3 Å². The van der Waals surface area contributed by atoms with Crippen molar-refractivity contribution in [1.82, 2.24) is 9.78 Å². The first-order chi connectivity index (χ1) is 8.25. The van der Waals surface area contributed by atoms with Crippen molar-refractivity contribution < 1.29 is 4.79 Å². The molecule has 0 unspecified atom stereocenters. The van der Waals surface area contributed by atoms with Gasteiger partial charge in [0.2, 0.25) is 5.91 Å². The molecule has 0 saturated heterocycles. The average Bonchev–Trinajstić information content (AvgIpc) is 2.83. The van der Waals surface area contributed by atoms with E-state index in [0.29, 0.717) is 5.75 Å². The highest BCUT2D eigenvalue weighted by atomic mass is 32.2. The topological polar surface area (TPSA) is 60.9 Å². The molecule has 2 aromatic rings. The molecule has 0 radical (unpaired) electrons. The van der Waals surface area contributed by atoms with Gasteiger partial charge in [0.05, 0.1) is 11.4 Å². The van der Waals surface area contributed by atoms with Crippen molar-refractivity contribution in [1.29, 1.82) is 0 Å². The van der Waals surface area contributed by atoms with Gasteiger partial charge >= 0.3 is 0 Å². The molecule has 0 aliphatic rings. The Bertz CT molecular complexity index is 479. The summed E-state index contributed by atoms with van der Waals surface area (Å²) in [6, 6.07) is 9.97. The summed E-state index contributed by atoms with van der Waals surface area (Å²) in [6.45, 7) is 0. The zero-order chi connectivity index (χ0) is 12.1. The van der Waals surface area contributed by atoms with Crippen LogP contribution in [0.25, 0.3) is 5.69 Å². The van der Waals surface area contributed by atoms with Crippen molar-refractivity contribution in [3.63, 3.8) is 0 Å². The number of nitrogens with two attached hydrogens (primary N) is 1. The highest BCUT2D eigenvalue weighted by molar-refractivity contribution is 7.99. The molecule has 0 atom stereocenters. The Balaban J connectivity index is 1.96. The number of nitrogens with zero attached hydrogens (tertiary/aromatic N) is 2. The molecule has 88 valence electrons.